The van der Waals surface area contributed by atoms with Crippen LogP contribution in [0.4, 0.5) is 11.4 Å². The molecule has 1 aromatic carbocycles. The molecule has 1 aromatic rings. The van der Waals surface area contributed by atoms with Gasteiger partial charge in [0.1, 0.15) is 0 Å². The van der Waals surface area contributed by atoms with Gasteiger partial charge in [-0.2, -0.15) is 0 Å². The monoisotopic (exact) mass is 229 g/mol. The molecule has 0 saturated carbocycles. The molecule has 0 heterocycles. The fourth-order valence-electron chi connectivity index (χ4n) is 0.887. The Labute approximate surface area is 89.5 Å². The molecule has 0 aliphatic heterocycles. The number of nitro groups is 1. The number of hydrogen-bond donors (Lipinski definition) is 1. The Morgan fingerprint density at radius 3 is 2.53 bits per heavy atom. The summed E-state index contributed by atoms with van der Waals surface area (Å²) in [5.74, 6) is -1.28. The van der Waals surface area contributed by atoms with Crippen molar-refractivity contribution in [3.8, 4) is 0 Å². The van der Waals surface area contributed by atoms with Crippen molar-refractivity contribution in [2.45, 2.75) is 0 Å². The van der Waals surface area contributed by atoms with E-state index < -0.39 is 16.6 Å². The maximum atomic E-state index is 10.5. The SMILES string of the molecule is N#[N+]c1ccc(C(=O)O)cc1[N+](=O)[O-].[Cl-]. The van der Waals surface area contributed by atoms with Gasteiger partial charge in [-0.3, -0.25) is 10.1 Å². The van der Waals surface area contributed by atoms with Crippen LogP contribution < -0.4 is 12.4 Å². The Bertz CT molecular complexity index is 454. The summed E-state index contributed by atoms with van der Waals surface area (Å²) in [6.07, 6.45) is 0. The van der Waals surface area contributed by atoms with E-state index in [4.69, 9.17) is 10.5 Å². The molecule has 0 atom stereocenters. The number of hydrogen-bond acceptors (Lipinski definition) is 4. The number of halogens is 1. The molecular formula is C7H4ClN3O4. The second-order valence-electron chi connectivity index (χ2n) is 2.37. The third kappa shape index (κ3) is 2.62. The molecule has 0 aliphatic rings. The van der Waals surface area contributed by atoms with Crippen molar-refractivity contribution in [2.75, 3.05) is 0 Å². The van der Waals surface area contributed by atoms with Crippen molar-refractivity contribution in [3.05, 3.63) is 38.9 Å². The minimum Gasteiger partial charge on any atom is -1.00 e. The molecular weight excluding hydrogens is 226 g/mol. The second-order valence-corrected chi connectivity index (χ2v) is 2.37. The van der Waals surface area contributed by atoms with E-state index in [1.807, 2.05) is 0 Å². The van der Waals surface area contributed by atoms with E-state index in [1.54, 1.807) is 0 Å². The van der Waals surface area contributed by atoms with Gasteiger partial charge in [-0.25, -0.2) is 4.79 Å². The smallest absolute Gasteiger partial charge is 0.461 e. The molecule has 0 amide bonds. The molecule has 1 rings (SSSR count). The molecule has 0 spiro atoms. The van der Waals surface area contributed by atoms with Crippen LogP contribution in [0.15, 0.2) is 18.2 Å². The second kappa shape index (κ2) is 4.88. The maximum absolute atomic E-state index is 10.5. The number of diazo groups is 1. The van der Waals surface area contributed by atoms with Crippen molar-refractivity contribution in [1.29, 1.82) is 5.39 Å². The van der Waals surface area contributed by atoms with Crippen LogP contribution in [0.25, 0.3) is 4.98 Å². The van der Waals surface area contributed by atoms with Gasteiger partial charge >= 0.3 is 17.3 Å². The first-order chi connectivity index (χ1) is 6.56. The molecule has 0 unspecified atom stereocenters. The van der Waals surface area contributed by atoms with Gasteiger partial charge in [0.05, 0.1) is 10.5 Å². The first kappa shape index (κ1) is 12.8. The zero-order valence-electron chi connectivity index (χ0n) is 7.12. The third-order valence-corrected chi connectivity index (χ3v) is 1.53. The Morgan fingerprint density at radius 2 is 2.13 bits per heavy atom. The number of nitrogens with zero attached hydrogens (tertiary/aromatic N) is 3. The van der Waals surface area contributed by atoms with Crippen LogP contribution >= 0.6 is 0 Å². The van der Waals surface area contributed by atoms with Gasteiger partial charge in [0.2, 0.25) is 5.39 Å². The van der Waals surface area contributed by atoms with Crippen molar-refractivity contribution in [1.82, 2.24) is 0 Å². The summed E-state index contributed by atoms with van der Waals surface area (Å²) in [6.45, 7) is 0. The summed E-state index contributed by atoms with van der Waals surface area (Å²) in [7, 11) is 0. The van der Waals surface area contributed by atoms with Crippen LogP contribution in [0.5, 0.6) is 0 Å². The van der Waals surface area contributed by atoms with E-state index >= 15 is 0 Å². The van der Waals surface area contributed by atoms with Crippen molar-refractivity contribution in [2.24, 2.45) is 0 Å². The molecule has 0 fully saturated rings. The minimum atomic E-state index is -1.28. The summed E-state index contributed by atoms with van der Waals surface area (Å²) in [6, 6.07) is 3.00. The third-order valence-electron chi connectivity index (χ3n) is 1.53. The number of benzene rings is 1. The zero-order chi connectivity index (χ0) is 10.7. The highest BCUT2D eigenvalue weighted by Crippen LogP contribution is 2.27. The molecule has 0 saturated heterocycles. The molecule has 0 aliphatic carbocycles. The average Bonchev–Trinajstić information content (AvgIpc) is 2.16. The summed E-state index contributed by atoms with van der Waals surface area (Å²) < 4.78 is 0. The van der Waals surface area contributed by atoms with E-state index in [0.29, 0.717) is 0 Å². The number of carboxylic acid groups (broad SMARTS) is 1. The quantitative estimate of drug-likeness (QED) is 0.388. The van der Waals surface area contributed by atoms with E-state index in [2.05, 4.69) is 4.98 Å². The molecule has 15 heavy (non-hydrogen) atoms. The van der Waals surface area contributed by atoms with Crippen LogP contribution in [-0.2, 0) is 0 Å². The highest BCUT2D eigenvalue weighted by Gasteiger charge is 2.25. The summed E-state index contributed by atoms with van der Waals surface area (Å²) in [4.78, 5) is 22.7. The van der Waals surface area contributed by atoms with Crippen LogP contribution in [-0.4, -0.2) is 16.0 Å². The molecule has 0 radical (unpaired) electrons. The standard InChI is InChI=1S/C7H3N3O4.ClH/c8-9-5-2-1-4(7(11)12)3-6(5)10(13)14;/h1-3H;1H. The lowest BCUT2D eigenvalue weighted by molar-refractivity contribution is -0.383. The lowest BCUT2D eigenvalue weighted by Crippen LogP contribution is -3.00. The largest absolute Gasteiger partial charge is 1.00 e. The number of carbonyl (C=O) groups is 1. The first-order valence-electron chi connectivity index (χ1n) is 3.43. The molecule has 8 heteroatoms. The van der Waals surface area contributed by atoms with E-state index in [1.165, 1.54) is 0 Å². The summed E-state index contributed by atoms with van der Waals surface area (Å²) in [5, 5.41) is 27.3. The lowest BCUT2D eigenvalue weighted by Gasteiger charge is -1.91. The highest BCUT2D eigenvalue weighted by molar-refractivity contribution is 5.89. The normalized spacial score (nSPS) is 8.47. The number of carboxylic acids is 1. The van der Waals surface area contributed by atoms with E-state index in [-0.39, 0.29) is 23.7 Å². The van der Waals surface area contributed by atoms with Gasteiger partial charge in [-0.1, -0.05) is 0 Å². The lowest BCUT2D eigenvalue weighted by atomic mass is 10.2. The van der Waals surface area contributed by atoms with Gasteiger partial charge in [-0.05, 0) is 6.07 Å². The van der Waals surface area contributed by atoms with Crippen LogP contribution in [0.2, 0.25) is 0 Å². The summed E-state index contributed by atoms with van der Waals surface area (Å²) in [5.41, 5.74) is -1.06. The minimum absolute atomic E-state index is 0. The molecule has 0 bridgehead atoms. The fourth-order valence-corrected chi connectivity index (χ4v) is 0.887. The number of rotatable bonds is 2. The first-order valence-corrected chi connectivity index (χ1v) is 3.43. The Kier molecular flexibility index (Phi) is 4.16. The van der Waals surface area contributed by atoms with Crippen molar-refractivity contribution >= 4 is 17.3 Å². The Hall–Kier alpha value is -2.20. The highest BCUT2D eigenvalue weighted by atomic mass is 35.5. The van der Waals surface area contributed by atoms with Crippen LogP contribution in [0.1, 0.15) is 10.4 Å². The molecule has 1 N–H and O–H groups in total. The van der Waals surface area contributed by atoms with Gasteiger partial charge < -0.3 is 17.5 Å². The molecule has 0 aromatic heterocycles. The van der Waals surface area contributed by atoms with Gasteiger partial charge in [-0.15, -0.1) is 0 Å². The van der Waals surface area contributed by atoms with E-state index in [9.17, 15) is 14.9 Å². The van der Waals surface area contributed by atoms with Gasteiger partial charge in [0.25, 0.3) is 0 Å². The Balaban J connectivity index is 0.00000196. The molecule has 7 nitrogen and oxygen atoms in total. The van der Waals surface area contributed by atoms with Crippen molar-refractivity contribution in [3.63, 3.8) is 0 Å². The number of aromatic carboxylic acids is 1. The predicted octanol–water partition coefficient (Wildman–Crippen LogP) is -1.22. The maximum Gasteiger partial charge on any atom is 0.461 e. The topological polar surface area (TPSA) is 109 Å². The van der Waals surface area contributed by atoms with Gasteiger partial charge in [0, 0.05) is 12.1 Å². The van der Waals surface area contributed by atoms with Crippen molar-refractivity contribution < 1.29 is 27.2 Å². The Morgan fingerprint density at radius 1 is 1.53 bits per heavy atom. The fraction of sp³-hybridized carbons (Fsp3) is 0. The summed E-state index contributed by atoms with van der Waals surface area (Å²) >= 11 is 0. The van der Waals surface area contributed by atoms with Crippen LogP contribution in [0, 0.1) is 15.5 Å². The van der Waals surface area contributed by atoms with Crippen LogP contribution in [0.3, 0.4) is 0 Å². The predicted molar refractivity (Wildman–Crippen MR) is 44.8 cm³/mol. The molecule has 78 valence electrons. The van der Waals surface area contributed by atoms with E-state index in [0.717, 1.165) is 18.2 Å². The average molecular weight is 230 g/mol. The van der Waals surface area contributed by atoms with Gasteiger partial charge in [0.15, 0.2) is 4.98 Å². The number of nitro benzene ring substituents is 1. The zero-order valence-corrected chi connectivity index (χ0v) is 7.88.